The number of aryl methyl sites for hydroxylation is 1. The molecule has 0 aliphatic carbocycles. The lowest BCUT2D eigenvalue weighted by Crippen LogP contribution is -2.17. The first-order valence-electron chi connectivity index (χ1n) is 10.2. The Morgan fingerprint density at radius 2 is 1.79 bits per heavy atom. The maximum atomic E-state index is 12.0. The van der Waals surface area contributed by atoms with Crippen LogP contribution in [-0.2, 0) is 27.3 Å². The molecule has 0 aliphatic rings. The van der Waals surface area contributed by atoms with Crippen molar-refractivity contribution in [3.8, 4) is 6.07 Å². The van der Waals surface area contributed by atoms with Gasteiger partial charge >= 0.3 is 17.9 Å². The van der Waals surface area contributed by atoms with Gasteiger partial charge in [-0.1, -0.05) is 18.2 Å². The van der Waals surface area contributed by atoms with Crippen LogP contribution in [0.3, 0.4) is 0 Å². The van der Waals surface area contributed by atoms with Crippen molar-refractivity contribution in [1.82, 2.24) is 4.57 Å². The summed E-state index contributed by atoms with van der Waals surface area (Å²) < 4.78 is 7.37. The van der Waals surface area contributed by atoms with Crippen molar-refractivity contribution < 1.29 is 29.3 Å². The summed E-state index contributed by atoms with van der Waals surface area (Å²) in [5.74, 6) is -3.96. The molecule has 0 aliphatic heterocycles. The molecule has 0 bridgehead atoms. The molecular weight excluding hydrogens is 426 g/mol. The summed E-state index contributed by atoms with van der Waals surface area (Å²) in [6, 6.07) is 17.3. The number of nitriles is 1. The highest BCUT2D eigenvalue weighted by atomic mass is 16.5. The van der Waals surface area contributed by atoms with Gasteiger partial charge < -0.3 is 25.3 Å². The second kappa shape index (κ2) is 12.0. The van der Waals surface area contributed by atoms with Gasteiger partial charge in [0.25, 0.3) is 0 Å². The third kappa shape index (κ3) is 7.48. The molecule has 2 aromatic carbocycles. The molecule has 0 saturated heterocycles. The molecule has 0 fully saturated rings. The highest BCUT2D eigenvalue weighted by molar-refractivity contribution is 6.27. The predicted molar refractivity (Wildman–Crippen MR) is 121 cm³/mol. The SMILES string of the molecule is CC(N)Cc1cc(C#N)c2c(ccn2CCCOC(=O)c2ccccc2)c1.O=C(O)C(=O)O. The Bertz CT molecular complexity index is 1150. The first-order chi connectivity index (χ1) is 15.7. The van der Waals surface area contributed by atoms with E-state index in [9.17, 15) is 10.1 Å². The number of carbonyl (C=O) groups excluding carboxylic acids is 1. The van der Waals surface area contributed by atoms with Crippen molar-refractivity contribution in [2.75, 3.05) is 6.61 Å². The molecule has 1 aromatic heterocycles. The lowest BCUT2D eigenvalue weighted by atomic mass is 10.0. The molecule has 0 saturated carbocycles. The molecule has 3 rings (SSSR count). The van der Waals surface area contributed by atoms with E-state index in [1.165, 1.54) is 0 Å². The van der Waals surface area contributed by atoms with Crippen LogP contribution in [0, 0.1) is 11.3 Å². The summed E-state index contributed by atoms with van der Waals surface area (Å²) in [7, 11) is 0. The summed E-state index contributed by atoms with van der Waals surface area (Å²) in [4.78, 5) is 30.2. The maximum Gasteiger partial charge on any atom is 0.414 e. The standard InChI is InChI=1S/C22H23N3O2.C2H2O4/c1-16(24)12-17-13-19-8-10-25(21(19)20(14-17)15-23)9-5-11-27-22(26)18-6-3-2-4-7-18;3-1(4)2(5)6/h2-4,6-8,10,13-14,16H,5,9,11-12,24H2,1H3;(H,3,4)(H,5,6). The van der Waals surface area contributed by atoms with E-state index in [2.05, 4.69) is 12.1 Å². The lowest BCUT2D eigenvalue weighted by molar-refractivity contribution is -0.159. The summed E-state index contributed by atoms with van der Waals surface area (Å²) in [6.07, 6.45) is 3.39. The van der Waals surface area contributed by atoms with Crippen molar-refractivity contribution in [2.45, 2.75) is 32.4 Å². The molecule has 1 unspecified atom stereocenters. The Morgan fingerprint density at radius 3 is 2.36 bits per heavy atom. The molecule has 1 atom stereocenters. The minimum Gasteiger partial charge on any atom is -0.473 e. The Hall–Kier alpha value is -4.16. The second-order valence-corrected chi connectivity index (χ2v) is 7.35. The first-order valence-corrected chi connectivity index (χ1v) is 10.2. The number of nitrogens with two attached hydrogens (primary N) is 1. The predicted octanol–water partition coefficient (Wildman–Crippen LogP) is 2.81. The Balaban J connectivity index is 0.000000569. The van der Waals surface area contributed by atoms with Crippen LogP contribution < -0.4 is 5.73 Å². The number of nitrogens with zero attached hydrogens (tertiary/aromatic N) is 2. The van der Waals surface area contributed by atoms with Gasteiger partial charge in [0, 0.05) is 24.2 Å². The highest BCUT2D eigenvalue weighted by Gasteiger charge is 2.11. The van der Waals surface area contributed by atoms with Crippen LogP contribution >= 0.6 is 0 Å². The molecule has 33 heavy (non-hydrogen) atoms. The molecule has 0 spiro atoms. The molecule has 9 nitrogen and oxygen atoms in total. The van der Waals surface area contributed by atoms with E-state index in [1.54, 1.807) is 12.1 Å². The highest BCUT2D eigenvalue weighted by Crippen LogP contribution is 2.23. The third-order valence-corrected chi connectivity index (χ3v) is 4.57. The fraction of sp³-hybridized carbons (Fsp3) is 0.250. The van der Waals surface area contributed by atoms with Crippen LogP contribution in [0.5, 0.6) is 0 Å². The van der Waals surface area contributed by atoms with Crippen LogP contribution in [0.15, 0.2) is 54.7 Å². The van der Waals surface area contributed by atoms with E-state index in [1.807, 2.05) is 48.0 Å². The number of ether oxygens (including phenoxy) is 1. The largest absolute Gasteiger partial charge is 0.473 e. The van der Waals surface area contributed by atoms with Crippen LogP contribution in [0.1, 0.15) is 34.8 Å². The molecule has 4 N–H and O–H groups in total. The zero-order valence-corrected chi connectivity index (χ0v) is 18.1. The van der Waals surface area contributed by atoms with Gasteiger partial charge in [-0.3, -0.25) is 0 Å². The lowest BCUT2D eigenvalue weighted by Gasteiger charge is -2.10. The molecule has 0 amide bonds. The summed E-state index contributed by atoms with van der Waals surface area (Å²) >= 11 is 0. The zero-order valence-electron chi connectivity index (χ0n) is 18.1. The van der Waals surface area contributed by atoms with E-state index < -0.39 is 11.9 Å². The average Bonchev–Trinajstić information content (AvgIpc) is 3.19. The van der Waals surface area contributed by atoms with Crippen LogP contribution in [0.2, 0.25) is 0 Å². The number of carbonyl (C=O) groups is 3. The molecule has 1 heterocycles. The van der Waals surface area contributed by atoms with Crippen LogP contribution in [0.4, 0.5) is 0 Å². The first kappa shape index (κ1) is 25.1. The molecule has 3 aromatic rings. The number of fused-ring (bicyclic) bond motifs is 1. The van der Waals surface area contributed by atoms with Crippen molar-refractivity contribution in [3.05, 3.63) is 71.4 Å². The number of rotatable bonds is 7. The van der Waals surface area contributed by atoms with Gasteiger partial charge in [0.05, 0.1) is 23.3 Å². The maximum absolute atomic E-state index is 12.0. The van der Waals surface area contributed by atoms with Gasteiger partial charge in [0.1, 0.15) is 6.07 Å². The van der Waals surface area contributed by atoms with E-state index in [0.29, 0.717) is 30.7 Å². The van der Waals surface area contributed by atoms with E-state index >= 15 is 0 Å². The van der Waals surface area contributed by atoms with Crippen molar-refractivity contribution in [2.24, 2.45) is 5.73 Å². The summed E-state index contributed by atoms with van der Waals surface area (Å²) in [6.45, 7) is 2.96. The van der Waals surface area contributed by atoms with E-state index in [0.717, 1.165) is 22.9 Å². The number of aromatic nitrogens is 1. The van der Waals surface area contributed by atoms with Gasteiger partial charge in [-0.25, -0.2) is 14.4 Å². The average molecular weight is 451 g/mol. The number of hydrogen-bond donors (Lipinski definition) is 3. The molecule has 172 valence electrons. The van der Waals surface area contributed by atoms with Crippen molar-refractivity contribution in [1.29, 1.82) is 5.26 Å². The quantitative estimate of drug-likeness (QED) is 0.281. The number of carboxylic acid groups (broad SMARTS) is 2. The third-order valence-electron chi connectivity index (χ3n) is 4.57. The van der Waals surface area contributed by atoms with Gasteiger partial charge in [0.15, 0.2) is 0 Å². The number of hydrogen-bond acceptors (Lipinski definition) is 6. The molecule has 0 radical (unpaired) electrons. The van der Waals surface area contributed by atoms with Gasteiger partial charge in [-0.15, -0.1) is 0 Å². The fourth-order valence-electron chi connectivity index (χ4n) is 3.23. The summed E-state index contributed by atoms with van der Waals surface area (Å²) in [5, 5.41) is 25.4. The Morgan fingerprint density at radius 1 is 1.12 bits per heavy atom. The summed E-state index contributed by atoms with van der Waals surface area (Å²) in [5.41, 5.74) is 9.07. The molecular formula is C24H25N3O6. The van der Waals surface area contributed by atoms with E-state index in [4.69, 9.17) is 30.3 Å². The number of benzene rings is 2. The minimum absolute atomic E-state index is 0.0513. The van der Waals surface area contributed by atoms with Crippen LogP contribution in [0.25, 0.3) is 10.9 Å². The Labute approximate surface area is 190 Å². The Kier molecular flexibility index (Phi) is 9.15. The van der Waals surface area contributed by atoms with Gasteiger partial charge in [0.2, 0.25) is 0 Å². The van der Waals surface area contributed by atoms with Gasteiger partial charge in [-0.2, -0.15) is 5.26 Å². The topological polar surface area (TPSA) is 156 Å². The number of aliphatic carboxylic acids is 2. The minimum atomic E-state index is -1.82. The van der Waals surface area contributed by atoms with Crippen molar-refractivity contribution >= 4 is 28.8 Å². The molecule has 9 heteroatoms. The van der Waals surface area contributed by atoms with E-state index in [-0.39, 0.29) is 12.0 Å². The normalized spacial score (nSPS) is 11.1. The number of esters is 1. The zero-order chi connectivity index (χ0) is 24.4. The monoisotopic (exact) mass is 451 g/mol. The fourth-order valence-corrected chi connectivity index (χ4v) is 3.23. The van der Waals surface area contributed by atoms with Gasteiger partial charge in [-0.05, 0) is 55.7 Å². The van der Waals surface area contributed by atoms with Crippen LogP contribution in [-0.4, -0.2) is 45.3 Å². The second-order valence-electron chi connectivity index (χ2n) is 7.35. The van der Waals surface area contributed by atoms with Crippen molar-refractivity contribution in [3.63, 3.8) is 0 Å². The number of carboxylic acids is 2. The smallest absolute Gasteiger partial charge is 0.414 e.